The number of anilines is 1. The molecule has 11 heteroatoms. The van der Waals surface area contributed by atoms with Crippen LogP contribution < -0.4 is 10.6 Å². The Balaban J connectivity index is 1.58. The predicted molar refractivity (Wildman–Crippen MR) is 116 cm³/mol. The third kappa shape index (κ3) is 6.59. The highest BCUT2D eigenvalue weighted by Crippen LogP contribution is 2.22. The molecule has 1 atom stereocenters. The summed E-state index contributed by atoms with van der Waals surface area (Å²) < 4.78 is 10.3. The van der Waals surface area contributed by atoms with Crippen LogP contribution in [0, 0.1) is 0 Å². The molecule has 31 heavy (non-hydrogen) atoms. The topological polar surface area (TPSA) is 120 Å². The van der Waals surface area contributed by atoms with Crippen LogP contribution in [0.15, 0.2) is 47.3 Å². The van der Waals surface area contributed by atoms with E-state index in [9.17, 15) is 14.4 Å². The van der Waals surface area contributed by atoms with Gasteiger partial charge in [0.15, 0.2) is 16.2 Å². The molecule has 3 aromatic rings. The summed E-state index contributed by atoms with van der Waals surface area (Å²) in [4.78, 5) is 44.9. The van der Waals surface area contributed by atoms with Crippen molar-refractivity contribution in [1.29, 1.82) is 0 Å². The van der Waals surface area contributed by atoms with E-state index in [1.165, 1.54) is 17.5 Å². The first-order valence-corrected chi connectivity index (χ1v) is 11.1. The van der Waals surface area contributed by atoms with Gasteiger partial charge < -0.3 is 20.1 Å². The number of hydrogen-bond donors (Lipinski definition) is 2. The molecule has 3 rings (SSSR count). The first-order chi connectivity index (χ1) is 15.1. The monoisotopic (exact) mass is 460 g/mol. The van der Waals surface area contributed by atoms with Crippen molar-refractivity contribution in [2.24, 2.45) is 0 Å². The molecule has 0 radical (unpaired) electrons. The van der Waals surface area contributed by atoms with Crippen LogP contribution in [0.4, 0.5) is 5.13 Å². The van der Waals surface area contributed by atoms with Crippen LogP contribution in [0.2, 0.25) is 0 Å². The second-order valence-corrected chi connectivity index (χ2v) is 7.83. The van der Waals surface area contributed by atoms with E-state index in [0.717, 1.165) is 16.9 Å². The Kier molecular flexibility index (Phi) is 8.07. The molecule has 2 aromatic heterocycles. The van der Waals surface area contributed by atoms with E-state index < -0.39 is 23.9 Å². The van der Waals surface area contributed by atoms with Gasteiger partial charge in [-0.3, -0.25) is 9.59 Å². The predicted octanol–water partition coefficient (Wildman–Crippen LogP) is 2.79. The van der Waals surface area contributed by atoms with Gasteiger partial charge in [0, 0.05) is 17.0 Å². The van der Waals surface area contributed by atoms with Gasteiger partial charge in [0.1, 0.15) is 13.2 Å². The zero-order chi connectivity index (χ0) is 22.1. The molecular formula is C20H20N4O5S2. The molecule has 162 valence electrons. The summed E-state index contributed by atoms with van der Waals surface area (Å²) in [5.74, 6) is -1.58. The minimum absolute atomic E-state index is 0.0880. The molecule has 0 aliphatic carbocycles. The Labute approximate surface area is 186 Å². The van der Waals surface area contributed by atoms with Crippen molar-refractivity contribution < 1.29 is 23.9 Å². The summed E-state index contributed by atoms with van der Waals surface area (Å²) in [5.41, 5.74) is 1.19. The fourth-order valence-electron chi connectivity index (χ4n) is 2.44. The van der Waals surface area contributed by atoms with Crippen molar-refractivity contribution in [3.05, 3.63) is 63.6 Å². The number of benzene rings is 1. The zero-order valence-corrected chi connectivity index (χ0v) is 18.2. The van der Waals surface area contributed by atoms with Gasteiger partial charge in [-0.2, -0.15) is 0 Å². The maximum Gasteiger partial charge on any atom is 0.335 e. The second kappa shape index (κ2) is 11.2. The molecule has 0 fully saturated rings. The molecule has 2 N–H and O–H groups in total. The van der Waals surface area contributed by atoms with E-state index in [1.807, 2.05) is 30.3 Å². The maximum atomic E-state index is 12.4. The SMILES string of the molecule is CCOC(=O)C(NC(=O)c1nccs1)c1csc(NCC(=O)OCc2ccccc2)n1. The summed E-state index contributed by atoms with van der Waals surface area (Å²) in [7, 11) is 0. The first-order valence-electron chi connectivity index (χ1n) is 9.32. The van der Waals surface area contributed by atoms with Gasteiger partial charge in [-0.1, -0.05) is 30.3 Å². The van der Waals surface area contributed by atoms with Crippen LogP contribution in [-0.4, -0.2) is 41.0 Å². The molecule has 0 bridgehead atoms. The Morgan fingerprint density at radius 2 is 1.94 bits per heavy atom. The van der Waals surface area contributed by atoms with E-state index in [0.29, 0.717) is 10.8 Å². The molecule has 9 nitrogen and oxygen atoms in total. The average molecular weight is 461 g/mol. The van der Waals surface area contributed by atoms with E-state index in [1.54, 1.807) is 17.7 Å². The van der Waals surface area contributed by atoms with Gasteiger partial charge in [0.2, 0.25) is 0 Å². The lowest BCUT2D eigenvalue weighted by molar-refractivity contribution is -0.146. The lowest BCUT2D eigenvalue weighted by Crippen LogP contribution is -2.35. The molecule has 1 aromatic carbocycles. The smallest absolute Gasteiger partial charge is 0.335 e. The largest absolute Gasteiger partial charge is 0.464 e. The normalized spacial score (nSPS) is 11.4. The number of hydrogen-bond acceptors (Lipinski definition) is 10. The van der Waals surface area contributed by atoms with Gasteiger partial charge in [-0.25, -0.2) is 14.8 Å². The molecule has 0 saturated carbocycles. The molecule has 0 aliphatic heterocycles. The first kappa shape index (κ1) is 22.4. The fraction of sp³-hybridized carbons (Fsp3) is 0.250. The Morgan fingerprint density at radius 3 is 2.65 bits per heavy atom. The maximum absolute atomic E-state index is 12.4. The molecular weight excluding hydrogens is 440 g/mol. The summed E-state index contributed by atoms with van der Waals surface area (Å²) >= 11 is 2.35. The number of rotatable bonds is 10. The third-order valence-corrected chi connectivity index (χ3v) is 5.46. The average Bonchev–Trinajstić information content (AvgIpc) is 3.48. The molecule has 0 spiro atoms. The van der Waals surface area contributed by atoms with Crippen molar-refractivity contribution in [2.75, 3.05) is 18.5 Å². The highest BCUT2D eigenvalue weighted by Gasteiger charge is 2.28. The lowest BCUT2D eigenvalue weighted by Gasteiger charge is -2.14. The highest BCUT2D eigenvalue weighted by molar-refractivity contribution is 7.13. The Morgan fingerprint density at radius 1 is 1.13 bits per heavy atom. The number of thiazole rings is 2. The van der Waals surface area contributed by atoms with Gasteiger partial charge in [-0.05, 0) is 12.5 Å². The summed E-state index contributed by atoms with van der Waals surface area (Å²) in [6.45, 7) is 1.92. The molecule has 1 amide bonds. The fourth-order valence-corrected chi connectivity index (χ4v) is 3.72. The van der Waals surface area contributed by atoms with Gasteiger partial charge >= 0.3 is 11.9 Å². The van der Waals surface area contributed by atoms with E-state index in [4.69, 9.17) is 9.47 Å². The molecule has 0 saturated heterocycles. The summed E-state index contributed by atoms with van der Waals surface area (Å²) in [6.07, 6.45) is 1.50. The third-order valence-electron chi connectivity index (χ3n) is 3.87. The second-order valence-electron chi connectivity index (χ2n) is 6.07. The minimum atomic E-state index is -1.09. The van der Waals surface area contributed by atoms with E-state index in [-0.39, 0.29) is 24.8 Å². The number of nitrogens with one attached hydrogen (secondary N) is 2. The van der Waals surface area contributed by atoms with Crippen LogP contribution in [0.1, 0.15) is 34.0 Å². The zero-order valence-electron chi connectivity index (χ0n) is 16.6. The summed E-state index contributed by atoms with van der Waals surface area (Å²) in [6, 6.07) is 8.26. The highest BCUT2D eigenvalue weighted by atomic mass is 32.1. The van der Waals surface area contributed by atoms with Crippen LogP contribution in [0.5, 0.6) is 0 Å². The summed E-state index contributed by atoms with van der Waals surface area (Å²) in [5, 5.41) is 9.37. The van der Waals surface area contributed by atoms with Gasteiger partial charge in [-0.15, -0.1) is 22.7 Å². The van der Waals surface area contributed by atoms with Crippen LogP contribution in [0.3, 0.4) is 0 Å². The number of aromatic nitrogens is 2. The lowest BCUT2D eigenvalue weighted by atomic mass is 10.2. The minimum Gasteiger partial charge on any atom is -0.464 e. The number of amides is 1. The molecule has 1 unspecified atom stereocenters. The standard InChI is InChI=1S/C20H20N4O5S2/c1-2-28-19(27)16(24-17(26)18-21-8-9-30-18)14-12-31-20(23-14)22-10-15(25)29-11-13-6-4-3-5-7-13/h3-9,12,16H,2,10-11H2,1H3,(H,22,23)(H,24,26). The van der Waals surface area contributed by atoms with Crippen LogP contribution >= 0.6 is 22.7 Å². The number of esters is 2. The Bertz CT molecular complexity index is 1010. The molecule has 0 aliphatic rings. The van der Waals surface area contributed by atoms with Crippen LogP contribution in [-0.2, 0) is 25.7 Å². The van der Waals surface area contributed by atoms with Crippen LogP contribution in [0.25, 0.3) is 0 Å². The number of nitrogens with zero attached hydrogens (tertiary/aromatic N) is 2. The molecule has 2 heterocycles. The van der Waals surface area contributed by atoms with Gasteiger partial charge in [0.25, 0.3) is 5.91 Å². The Hall–Kier alpha value is -3.31. The van der Waals surface area contributed by atoms with Crippen molar-refractivity contribution in [2.45, 2.75) is 19.6 Å². The van der Waals surface area contributed by atoms with Crippen molar-refractivity contribution in [3.63, 3.8) is 0 Å². The van der Waals surface area contributed by atoms with Crippen molar-refractivity contribution >= 4 is 45.7 Å². The van der Waals surface area contributed by atoms with E-state index >= 15 is 0 Å². The van der Waals surface area contributed by atoms with Gasteiger partial charge in [0.05, 0.1) is 12.3 Å². The van der Waals surface area contributed by atoms with E-state index in [2.05, 4.69) is 20.6 Å². The van der Waals surface area contributed by atoms with Crippen molar-refractivity contribution in [3.8, 4) is 0 Å². The van der Waals surface area contributed by atoms with Crippen molar-refractivity contribution in [1.82, 2.24) is 15.3 Å². The number of ether oxygens (including phenoxy) is 2. The number of carbonyl (C=O) groups excluding carboxylic acids is 3. The number of carbonyl (C=O) groups is 3. The quantitative estimate of drug-likeness (QED) is 0.443.